The van der Waals surface area contributed by atoms with Crippen LogP contribution in [0.5, 0.6) is 0 Å². The summed E-state index contributed by atoms with van der Waals surface area (Å²) < 4.78 is 0. The highest BCUT2D eigenvalue weighted by Gasteiger charge is 1.95. The van der Waals surface area contributed by atoms with E-state index in [0.717, 1.165) is 17.2 Å². The highest BCUT2D eigenvalue weighted by Crippen LogP contribution is 2.11. The number of benzene rings is 1. The summed E-state index contributed by atoms with van der Waals surface area (Å²) in [5.41, 5.74) is 1.40. The molecule has 88 valence electrons. The van der Waals surface area contributed by atoms with Crippen molar-refractivity contribution in [1.82, 2.24) is 0 Å². The van der Waals surface area contributed by atoms with Crippen molar-refractivity contribution in [1.29, 1.82) is 0 Å². The Kier molecular flexibility index (Phi) is 13.2. The zero-order valence-corrected chi connectivity index (χ0v) is 11.9. The second kappa shape index (κ2) is 11.6. The Hall–Kier alpha value is -0.430. The van der Waals surface area contributed by atoms with Crippen molar-refractivity contribution in [3.8, 4) is 0 Å². The van der Waals surface area contributed by atoms with Crippen LogP contribution in [0.3, 0.4) is 0 Å². The molecule has 0 amide bonds. The third-order valence-electron chi connectivity index (χ3n) is 1.58. The lowest BCUT2D eigenvalue weighted by atomic mass is 10.0. The van der Waals surface area contributed by atoms with Crippen LogP contribution in [0.4, 0.5) is 0 Å². The normalized spacial score (nSPS) is 8.53. The number of thiol groups is 1. The van der Waals surface area contributed by atoms with Gasteiger partial charge in [0, 0.05) is 4.90 Å². The Labute approximate surface area is 102 Å². The van der Waals surface area contributed by atoms with E-state index in [4.69, 9.17) is 0 Å². The zero-order valence-electron chi connectivity index (χ0n) is 11.0. The van der Waals surface area contributed by atoms with E-state index in [2.05, 4.69) is 38.6 Å². The maximum absolute atomic E-state index is 4.22. The first-order chi connectivity index (χ1) is 7.18. The first kappa shape index (κ1) is 17.0. The minimum Gasteiger partial charge on any atom is -0.143 e. The highest BCUT2D eigenvalue weighted by atomic mass is 32.1. The highest BCUT2D eigenvalue weighted by molar-refractivity contribution is 7.80. The first-order valence-electron chi connectivity index (χ1n) is 5.96. The molecule has 0 N–H and O–H groups in total. The number of rotatable bonds is 2. The first-order valence-corrected chi connectivity index (χ1v) is 6.41. The molecule has 0 heterocycles. The van der Waals surface area contributed by atoms with E-state index in [1.54, 1.807) is 0 Å². The number of hydrogen-bond donors (Lipinski definition) is 1. The molecule has 0 aliphatic carbocycles. The summed E-state index contributed by atoms with van der Waals surface area (Å²) in [5.74, 6) is 0.737. The van der Waals surface area contributed by atoms with Crippen LogP contribution in [0.15, 0.2) is 29.2 Å². The van der Waals surface area contributed by atoms with E-state index in [0.29, 0.717) is 0 Å². The molecule has 15 heavy (non-hydrogen) atoms. The van der Waals surface area contributed by atoms with E-state index >= 15 is 0 Å². The van der Waals surface area contributed by atoms with E-state index in [-0.39, 0.29) is 0 Å². The van der Waals surface area contributed by atoms with Gasteiger partial charge in [0.2, 0.25) is 0 Å². The molecule has 0 nitrogen and oxygen atoms in total. The van der Waals surface area contributed by atoms with Gasteiger partial charge in [-0.1, -0.05) is 53.7 Å². The molecular formula is C14H26S. The van der Waals surface area contributed by atoms with Gasteiger partial charge in [0.1, 0.15) is 0 Å². The molecule has 0 bridgehead atoms. The Bertz CT molecular complexity index is 211. The maximum atomic E-state index is 4.22. The summed E-state index contributed by atoms with van der Waals surface area (Å²) in [6, 6.07) is 8.37. The summed E-state index contributed by atoms with van der Waals surface area (Å²) in [6.45, 7) is 12.5. The third kappa shape index (κ3) is 9.86. The molecule has 0 radical (unpaired) electrons. The predicted molar refractivity (Wildman–Crippen MR) is 74.9 cm³/mol. The molecule has 0 aliphatic heterocycles. The van der Waals surface area contributed by atoms with Gasteiger partial charge in [-0.2, -0.15) is 0 Å². The summed E-state index contributed by atoms with van der Waals surface area (Å²) in [4.78, 5) is 1.04. The van der Waals surface area contributed by atoms with Gasteiger partial charge in [-0.15, -0.1) is 12.6 Å². The van der Waals surface area contributed by atoms with Gasteiger partial charge >= 0.3 is 0 Å². The molecule has 0 fully saturated rings. The molecule has 0 spiro atoms. The summed E-state index contributed by atoms with van der Waals surface area (Å²) in [7, 11) is 0. The molecule has 1 heteroatoms. The Morgan fingerprint density at radius 3 is 1.67 bits per heavy atom. The predicted octanol–water partition coefficient (Wildman–Crippen LogP) is 5.23. The van der Waals surface area contributed by atoms with Crippen LogP contribution in [0.2, 0.25) is 0 Å². The van der Waals surface area contributed by atoms with Gasteiger partial charge in [-0.25, -0.2) is 0 Å². The Balaban J connectivity index is 0. The van der Waals surface area contributed by atoms with E-state index in [1.807, 2.05) is 39.8 Å². The van der Waals surface area contributed by atoms with Crippen molar-refractivity contribution in [3.63, 3.8) is 0 Å². The smallest absolute Gasteiger partial charge is 0.00401 e. The molecule has 1 aromatic carbocycles. The van der Waals surface area contributed by atoms with Gasteiger partial charge in [0.15, 0.2) is 0 Å². The van der Waals surface area contributed by atoms with Gasteiger partial charge in [0.05, 0.1) is 0 Å². The van der Waals surface area contributed by atoms with E-state index in [9.17, 15) is 0 Å². The average molecular weight is 226 g/mol. The second-order valence-corrected chi connectivity index (χ2v) is 3.78. The van der Waals surface area contributed by atoms with Crippen LogP contribution in [0.1, 0.15) is 47.1 Å². The van der Waals surface area contributed by atoms with Gasteiger partial charge < -0.3 is 0 Å². The third-order valence-corrected chi connectivity index (χ3v) is 1.88. The number of hydrogen-bond acceptors (Lipinski definition) is 1. The largest absolute Gasteiger partial charge is 0.143 e. The second-order valence-electron chi connectivity index (χ2n) is 3.26. The zero-order chi connectivity index (χ0) is 12.3. The summed E-state index contributed by atoms with van der Waals surface area (Å²) in [6.07, 6.45) is 1.16. The van der Waals surface area contributed by atoms with Crippen molar-refractivity contribution in [3.05, 3.63) is 29.8 Å². The van der Waals surface area contributed by atoms with Crippen molar-refractivity contribution >= 4 is 12.6 Å². The van der Waals surface area contributed by atoms with Crippen LogP contribution in [0.25, 0.3) is 0 Å². The SMILES string of the molecule is CC.CC.CC(C)Cc1ccc(S)cc1. The topological polar surface area (TPSA) is 0 Å². The van der Waals surface area contributed by atoms with Crippen LogP contribution in [0, 0.1) is 5.92 Å². The maximum Gasteiger partial charge on any atom is 0.00401 e. The molecule has 0 saturated carbocycles. The van der Waals surface area contributed by atoms with Crippen LogP contribution in [-0.2, 0) is 6.42 Å². The van der Waals surface area contributed by atoms with Crippen molar-refractivity contribution in [2.75, 3.05) is 0 Å². The molecule has 1 aromatic rings. The van der Waals surface area contributed by atoms with E-state index < -0.39 is 0 Å². The molecule has 0 atom stereocenters. The van der Waals surface area contributed by atoms with E-state index in [1.165, 1.54) is 5.56 Å². The minimum atomic E-state index is 0.737. The Morgan fingerprint density at radius 2 is 1.33 bits per heavy atom. The quantitative estimate of drug-likeness (QED) is 0.656. The summed E-state index contributed by atoms with van der Waals surface area (Å²) >= 11 is 4.22. The Morgan fingerprint density at radius 1 is 0.933 bits per heavy atom. The lowest BCUT2D eigenvalue weighted by Crippen LogP contribution is -1.92. The lowest BCUT2D eigenvalue weighted by Gasteiger charge is -2.03. The fourth-order valence-electron chi connectivity index (χ4n) is 1.10. The van der Waals surface area contributed by atoms with Crippen molar-refractivity contribution in [2.24, 2.45) is 5.92 Å². The average Bonchev–Trinajstić information content (AvgIpc) is 2.27. The van der Waals surface area contributed by atoms with Crippen LogP contribution < -0.4 is 0 Å². The monoisotopic (exact) mass is 226 g/mol. The van der Waals surface area contributed by atoms with Gasteiger partial charge in [-0.05, 0) is 30.0 Å². The van der Waals surface area contributed by atoms with Crippen LogP contribution >= 0.6 is 12.6 Å². The minimum absolute atomic E-state index is 0.737. The van der Waals surface area contributed by atoms with Crippen LogP contribution in [-0.4, -0.2) is 0 Å². The fraction of sp³-hybridized carbons (Fsp3) is 0.571. The molecule has 0 aromatic heterocycles. The molecule has 0 aliphatic rings. The van der Waals surface area contributed by atoms with Crippen molar-refractivity contribution in [2.45, 2.75) is 52.9 Å². The fourth-order valence-corrected chi connectivity index (χ4v) is 1.25. The molecule has 1 rings (SSSR count). The molecular weight excluding hydrogens is 200 g/mol. The molecule has 0 saturated heterocycles. The van der Waals surface area contributed by atoms with Crippen molar-refractivity contribution < 1.29 is 0 Å². The standard InChI is InChI=1S/C10H14S.2C2H6/c1-8(2)7-9-3-5-10(11)6-4-9;2*1-2/h3-6,8,11H,7H2,1-2H3;2*1-2H3. The van der Waals surface area contributed by atoms with Gasteiger partial charge in [0.25, 0.3) is 0 Å². The molecule has 0 unspecified atom stereocenters. The summed E-state index contributed by atoms with van der Waals surface area (Å²) in [5, 5.41) is 0. The van der Waals surface area contributed by atoms with Gasteiger partial charge in [-0.3, -0.25) is 0 Å². The lowest BCUT2D eigenvalue weighted by molar-refractivity contribution is 0.647.